The molecule has 0 saturated heterocycles. The lowest BCUT2D eigenvalue weighted by Crippen LogP contribution is -2.39. The molecule has 130 valence electrons. The van der Waals surface area contributed by atoms with Crippen LogP contribution in [-0.2, 0) is 11.3 Å². The molecule has 3 aromatic rings. The molecule has 0 aliphatic carbocycles. The molecule has 0 saturated carbocycles. The van der Waals surface area contributed by atoms with Crippen LogP contribution >= 0.6 is 0 Å². The molecule has 2 aromatic carbocycles. The van der Waals surface area contributed by atoms with Crippen LogP contribution in [0, 0.1) is 12.3 Å². The molecule has 0 atom stereocenters. The molecule has 5 heteroatoms. The summed E-state index contributed by atoms with van der Waals surface area (Å²) in [4.78, 5) is 26.7. The summed E-state index contributed by atoms with van der Waals surface area (Å²) in [7, 11) is 0. The predicted octanol–water partition coefficient (Wildman–Crippen LogP) is 2.82. The Morgan fingerprint density at radius 1 is 1.23 bits per heavy atom. The molecule has 1 heterocycles. The first-order valence-electron chi connectivity index (χ1n) is 8.35. The maximum Gasteiger partial charge on any atom is 0.248 e. The lowest BCUT2D eigenvalue weighted by atomic mass is 10.1. The van der Waals surface area contributed by atoms with Gasteiger partial charge in [0.05, 0.1) is 11.7 Å². The molecule has 1 amide bonds. The van der Waals surface area contributed by atoms with Crippen molar-refractivity contribution >= 4 is 22.5 Å². The van der Waals surface area contributed by atoms with Gasteiger partial charge in [0, 0.05) is 22.7 Å². The molecule has 0 unspecified atom stereocenters. The second kappa shape index (κ2) is 7.24. The Bertz CT molecular complexity index is 1060. The Kier molecular flexibility index (Phi) is 4.85. The fourth-order valence-corrected chi connectivity index (χ4v) is 2.97. The van der Waals surface area contributed by atoms with Crippen molar-refractivity contribution < 1.29 is 4.79 Å². The smallest absolute Gasteiger partial charge is 0.248 e. The first kappa shape index (κ1) is 17.4. The van der Waals surface area contributed by atoms with E-state index in [9.17, 15) is 9.59 Å². The summed E-state index contributed by atoms with van der Waals surface area (Å²) in [6.07, 6.45) is 6.72. The van der Waals surface area contributed by atoms with Gasteiger partial charge in [-0.15, -0.1) is 6.42 Å². The van der Waals surface area contributed by atoms with Gasteiger partial charge in [-0.2, -0.15) is 5.10 Å². The highest BCUT2D eigenvalue weighted by molar-refractivity contribution is 5.94. The second-order valence-corrected chi connectivity index (χ2v) is 6.24. The van der Waals surface area contributed by atoms with Crippen molar-refractivity contribution in [2.45, 2.75) is 26.4 Å². The summed E-state index contributed by atoms with van der Waals surface area (Å²) in [5.74, 6) is 2.46. The highest BCUT2D eigenvalue weighted by atomic mass is 16.2. The first-order valence-corrected chi connectivity index (χ1v) is 8.35. The van der Waals surface area contributed by atoms with E-state index in [-0.39, 0.29) is 23.9 Å². The molecule has 3 rings (SSSR count). The topological polar surface area (TPSA) is 55.2 Å². The molecular weight excluding hydrogens is 326 g/mol. The fraction of sp³-hybridized carbons (Fsp3) is 0.190. The number of hydrogen-bond donors (Lipinski definition) is 0. The van der Waals surface area contributed by atoms with Gasteiger partial charge < -0.3 is 4.90 Å². The number of terminal acetylenes is 1. The largest absolute Gasteiger partial charge is 0.308 e. The van der Waals surface area contributed by atoms with Crippen LogP contribution in [0.25, 0.3) is 10.9 Å². The van der Waals surface area contributed by atoms with Crippen LogP contribution in [0.3, 0.4) is 0 Å². The quantitative estimate of drug-likeness (QED) is 0.683. The van der Waals surface area contributed by atoms with E-state index in [1.54, 1.807) is 27.8 Å². The van der Waals surface area contributed by atoms with Gasteiger partial charge in [0.25, 0.3) is 0 Å². The van der Waals surface area contributed by atoms with E-state index < -0.39 is 0 Å². The van der Waals surface area contributed by atoms with Crippen LogP contribution in [0.1, 0.15) is 19.4 Å². The van der Waals surface area contributed by atoms with Crippen LogP contribution in [0.15, 0.2) is 59.5 Å². The highest BCUT2D eigenvalue weighted by Gasteiger charge is 2.20. The lowest BCUT2D eigenvalue weighted by molar-refractivity contribution is -0.119. The average Bonchev–Trinajstić information content (AvgIpc) is 2.64. The van der Waals surface area contributed by atoms with Gasteiger partial charge in [-0.3, -0.25) is 14.3 Å². The third-order valence-corrected chi connectivity index (χ3v) is 4.12. The van der Waals surface area contributed by atoms with Crippen LogP contribution in [-0.4, -0.2) is 21.7 Å². The molecule has 0 bridgehead atoms. The van der Waals surface area contributed by atoms with Gasteiger partial charge in [0.1, 0.15) is 6.54 Å². The van der Waals surface area contributed by atoms with E-state index in [1.807, 2.05) is 44.2 Å². The zero-order valence-corrected chi connectivity index (χ0v) is 14.7. The number of anilines is 1. The number of rotatable bonds is 4. The van der Waals surface area contributed by atoms with E-state index in [2.05, 4.69) is 11.0 Å². The lowest BCUT2D eigenvalue weighted by Gasteiger charge is -2.27. The van der Waals surface area contributed by atoms with E-state index in [4.69, 9.17) is 6.42 Å². The molecule has 0 aliphatic heterocycles. The van der Waals surface area contributed by atoms with Crippen molar-refractivity contribution in [1.29, 1.82) is 0 Å². The Hall–Kier alpha value is -3.39. The Morgan fingerprint density at radius 2 is 2.00 bits per heavy atom. The minimum atomic E-state index is -0.160. The number of aromatic nitrogens is 2. The van der Waals surface area contributed by atoms with Crippen molar-refractivity contribution in [2.24, 2.45) is 0 Å². The summed E-state index contributed by atoms with van der Waals surface area (Å²) >= 11 is 0. The molecule has 0 spiro atoms. The van der Waals surface area contributed by atoms with E-state index in [1.165, 1.54) is 6.20 Å². The number of carbonyl (C=O) groups is 1. The van der Waals surface area contributed by atoms with Crippen molar-refractivity contribution in [2.75, 3.05) is 4.90 Å². The highest BCUT2D eigenvalue weighted by Crippen LogP contribution is 2.20. The minimum Gasteiger partial charge on any atom is -0.308 e. The van der Waals surface area contributed by atoms with Gasteiger partial charge in [-0.05, 0) is 44.2 Å². The van der Waals surface area contributed by atoms with Crippen molar-refractivity contribution in [1.82, 2.24) is 9.78 Å². The third kappa shape index (κ3) is 3.35. The van der Waals surface area contributed by atoms with Crippen molar-refractivity contribution in [3.05, 3.63) is 70.5 Å². The second-order valence-electron chi connectivity index (χ2n) is 6.24. The van der Waals surface area contributed by atoms with Gasteiger partial charge in [-0.1, -0.05) is 24.1 Å². The Labute approximate surface area is 151 Å². The standard InChI is InChI=1S/C21H19N3O2/c1-4-16-8-7-9-17(12-16)24(15(2)3)21(26)14-23-19-11-6-5-10-18(19)20(25)13-22-23/h1,5-13,15H,14H2,2-3H3. The van der Waals surface area contributed by atoms with E-state index in [0.717, 1.165) is 5.69 Å². The zero-order valence-electron chi connectivity index (χ0n) is 14.7. The monoisotopic (exact) mass is 345 g/mol. The predicted molar refractivity (Wildman–Crippen MR) is 103 cm³/mol. The minimum absolute atomic E-state index is 0.0270. The third-order valence-electron chi connectivity index (χ3n) is 4.12. The summed E-state index contributed by atoms with van der Waals surface area (Å²) in [6.45, 7) is 3.91. The molecule has 0 radical (unpaired) electrons. The van der Waals surface area contributed by atoms with Crippen LogP contribution in [0.5, 0.6) is 0 Å². The van der Waals surface area contributed by atoms with Crippen molar-refractivity contribution in [3.63, 3.8) is 0 Å². The maximum absolute atomic E-state index is 13.0. The van der Waals surface area contributed by atoms with Crippen LogP contribution in [0.2, 0.25) is 0 Å². The molecule has 0 N–H and O–H groups in total. The molecule has 0 aliphatic rings. The molecular formula is C21H19N3O2. The number of fused-ring (bicyclic) bond motifs is 1. The maximum atomic E-state index is 13.0. The van der Waals surface area contributed by atoms with Crippen molar-refractivity contribution in [3.8, 4) is 12.3 Å². The number of para-hydroxylation sites is 1. The molecule has 26 heavy (non-hydrogen) atoms. The number of amides is 1. The van der Waals surface area contributed by atoms with E-state index >= 15 is 0 Å². The summed E-state index contributed by atoms with van der Waals surface area (Å²) in [5, 5.41) is 4.68. The first-order chi connectivity index (χ1) is 12.5. The average molecular weight is 345 g/mol. The Morgan fingerprint density at radius 3 is 2.73 bits per heavy atom. The molecule has 1 aromatic heterocycles. The van der Waals surface area contributed by atoms with Crippen LogP contribution < -0.4 is 10.3 Å². The molecule has 5 nitrogen and oxygen atoms in total. The van der Waals surface area contributed by atoms with Crippen LogP contribution in [0.4, 0.5) is 5.69 Å². The Balaban J connectivity index is 1.98. The number of nitrogens with zero attached hydrogens (tertiary/aromatic N) is 3. The van der Waals surface area contributed by atoms with E-state index in [0.29, 0.717) is 16.5 Å². The summed E-state index contributed by atoms with van der Waals surface area (Å²) < 4.78 is 1.56. The molecule has 0 fully saturated rings. The SMILES string of the molecule is C#Cc1cccc(N(C(=O)Cn2ncc(=O)c3ccccc32)C(C)C)c1. The van der Waals surface area contributed by atoms with Gasteiger partial charge >= 0.3 is 0 Å². The van der Waals surface area contributed by atoms with Gasteiger partial charge in [0.2, 0.25) is 11.3 Å². The van der Waals surface area contributed by atoms with Gasteiger partial charge in [-0.25, -0.2) is 0 Å². The number of benzene rings is 2. The summed E-state index contributed by atoms with van der Waals surface area (Å²) in [5.41, 5.74) is 1.93. The fourth-order valence-electron chi connectivity index (χ4n) is 2.97. The number of carbonyl (C=O) groups excluding carboxylic acids is 1. The zero-order chi connectivity index (χ0) is 18.7. The summed E-state index contributed by atoms with van der Waals surface area (Å²) in [6, 6.07) is 14.4. The number of hydrogen-bond acceptors (Lipinski definition) is 3. The van der Waals surface area contributed by atoms with Gasteiger partial charge in [0.15, 0.2) is 0 Å². The normalized spacial score (nSPS) is 10.7.